The Morgan fingerprint density at radius 3 is 2.61 bits per heavy atom. The summed E-state index contributed by atoms with van der Waals surface area (Å²) in [4.78, 5) is 14.5. The van der Waals surface area contributed by atoms with Gasteiger partial charge < -0.3 is 10.6 Å². The molecule has 0 saturated carbocycles. The van der Waals surface area contributed by atoms with Gasteiger partial charge in [0.15, 0.2) is 0 Å². The predicted octanol–water partition coefficient (Wildman–Crippen LogP) is 0.975. The fourth-order valence-electron chi connectivity index (χ4n) is 3.10. The van der Waals surface area contributed by atoms with E-state index >= 15 is 0 Å². The van der Waals surface area contributed by atoms with Gasteiger partial charge in [-0.2, -0.15) is 0 Å². The van der Waals surface area contributed by atoms with E-state index in [-0.39, 0.29) is 11.9 Å². The van der Waals surface area contributed by atoms with Crippen molar-refractivity contribution in [2.45, 2.75) is 51.6 Å². The Labute approximate surface area is 110 Å². The van der Waals surface area contributed by atoms with E-state index in [2.05, 4.69) is 29.4 Å². The molecule has 0 aliphatic carbocycles. The molecule has 2 aliphatic heterocycles. The van der Waals surface area contributed by atoms with Crippen LogP contribution in [-0.4, -0.2) is 49.1 Å². The Morgan fingerprint density at radius 2 is 2.06 bits per heavy atom. The molecule has 2 saturated heterocycles. The van der Waals surface area contributed by atoms with Gasteiger partial charge in [0.05, 0.1) is 6.04 Å². The SMILES string of the molecule is CC(C)C(CNC(=O)[C@H]1CCCN1)N1CCCC1. The summed E-state index contributed by atoms with van der Waals surface area (Å²) in [5.41, 5.74) is 0. The zero-order valence-electron chi connectivity index (χ0n) is 11.7. The van der Waals surface area contributed by atoms with Crippen LogP contribution in [0.5, 0.6) is 0 Å². The van der Waals surface area contributed by atoms with Crippen molar-refractivity contribution < 1.29 is 4.79 Å². The first kappa shape index (κ1) is 13.8. The average molecular weight is 253 g/mol. The Bertz CT molecular complexity index is 268. The standard InChI is InChI=1S/C14H27N3O/c1-11(2)13(17-8-3-4-9-17)10-16-14(18)12-6-5-7-15-12/h11-13,15H,3-10H2,1-2H3,(H,16,18)/t12-,13?/m1/s1. The summed E-state index contributed by atoms with van der Waals surface area (Å²) in [6, 6.07) is 0.550. The molecule has 2 fully saturated rings. The third-order valence-corrected chi connectivity index (χ3v) is 4.24. The number of carbonyl (C=O) groups is 1. The van der Waals surface area contributed by atoms with E-state index in [0.29, 0.717) is 12.0 Å². The van der Waals surface area contributed by atoms with Gasteiger partial charge in [-0.1, -0.05) is 13.8 Å². The average Bonchev–Trinajstić information content (AvgIpc) is 3.01. The number of hydrogen-bond acceptors (Lipinski definition) is 3. The maximum Gasteiger partial charge on any atom is 0.237 e. The third-order valence-electron chi connectivity index (χ3n) is 4.24. The van der Waals surface area contributed by atoms with E-state index in [1.54, 1.807) is 0 Å². The lowest BCUT2D eigenvalue weighted by Crippen LogP contribution is -2.49. The van der Waals surface area contributed by atoms with Gasteiger partial charge in [0.2, 0.25) is 5.91 Å². The van der Waals surface area contributed by atoms with E-state index < -0.39 is 0 Å². The van der Waals surface area contributed by atoms with Gasteiger partial charge in [-0.3, -0.25) is 9.69 Å². The minimum atomic E-state index is 0.0522. The highest BCUT2D eigenvalue weighted by Crippen LogP contribution is 2.17. The van der Waals surface area contributed by atoms with Crippen LogP contribution in [0.1, 0.15) is 39.5 Å². The lowest BCUT2D eigenvalue weighted by atomic mass is 10.0. The number of hydrogen-bond donors (Lipinski definition) is 2. The van der Waals surface area contributed by atoms with Gasteiger partial charge in [-0.15, -0.1) is 0 Å². The molecular formula is C14H27N3O. The molecule has 0 aromatic rings. The van der Waals surface area contributed by atoms with Crippen LogP contribution in [0, 0.1) is 5.92 Å². The minimum absolute atomic E-state index is 0.0522. The lowest BCUT2D eigenvalue weighted by molar-refractivity contribution is -0.123. The molecule has 2 rings (SSSR count). The van der Waals surface area contributed by atoms with E-state index in [1.807, 2.05) is 0 Å². The highest BCUT2D eigenvalue weighted by atomic mass is 16.2. The fourth-order valence-corrected chi connectivity index (χ4v) is 3.10. The molecule has 4 heteroatoms. The summed E-state index contributed by atoms with van der Waals surface area (Å²) in [7, 11) is 0. The zero-order valence-corrected chi connectivity index (χ0v) is 11.7. The van der Waals surface area contributed by atoms with Crippen molar-refractivity contribution in [3.05, 3.63) is 0 Å². The number of rotatable bonds is 5. The summed E-state index contributed by atoms with van der Waals surface area (Å²) in [5, 5.41) is 6.39. The Morgan fingerprint density at radius 1 is 1.33 bits per heavy atom. The molecule has 2 N–H and O–H groups in total. The number of likely N-dealkylation sites (tertiary alicyclic amines) is 1. The summed E-state index contributed by atoms with van der Waals surface area (Å²) in [6.07, 6.45) is 4.72. The molecule has 0 spiro atoms. The predicted molar refractivity (Wildman–Crippen MR) is 73.5 cm³/mol. The molecule has 0 radical (unpaired) electrons. The Kier molecular flexibility index (Phi) is 5.01. The van der Waals surface area contributed by atoms with Crippen molar-refractivity contribution in [1.82, 2.24) is 15.5 Å². The van der Waals surface area contributed by atoms with E-state index in [9.17, 15) is 4.79 Å². The van der Waals surface area contributed by atoms with Crippen LogP contribution in [0.3, 0.4) is 0 Å². The molecule has 2 heterocycles. The smallest absolute Gasteiger partial charge is 0.237 e. The molecule has 2 aliphatic rings. The number of amides is 1. The van der Waals surface area contributed by atoms with Crippen LogP contribution in [0.25, 0.3) is 0 Å². The molecule has 18 heavy (non-hydrogen) atoms. The topological polar surface area (TPSA) is 44.4 Å². The number of nitrogens with one attached hydrogen (secondary N) is 2. The van der Waals surface area contributed by atoms with E-state index in [0.717, 1.165) is 25.9 Å². The van der Waals surface area contributed by atoms with Crippen molar-refractivity contribution in [1.29, 1.82) is 0 Å². The summed E-state index contributed by atoms with van der Waals surface area (Å²) in [6.45, 7) is 8.68. The van der Waals surface area contributed by atoms with Gasteiger partial charge >= 0.3 is 0 Å². The van der Waals surface area contributed by atoms with Crippen molar-refractivity contribution in [3.63, 3.8) is 0 Å². The second-order valence-corrected chi connectivity index (χ2v) is 5.95. The summed E-state index contributed by atoms with van der Waals surface area (Å²) < 4.78 is 0. The first-order chi connectivity index (χ1) is 8.68. The first-order valence-corrected chi connectivity index (χ1v) is 7.43. The van der Waals surface area contributed by atoms with Crippen LogP contribution >= 0.6 is 0 Å². The maximum absolute atomic E-state index is 12.0. The lowest BCUT2D eigenvalue weighted by Gasteiger charge is -2.31. The number of nitrogens with zero attached hydrogens (tertiary/aromatic N) is 1. The monoisotopic (exact) mass is 253 g/mol. The molecule has 0 aromatic carbocycles. The maximum atomic E-state index is 12.0. The molecule has 2 atom stereocenters. The highest BCUT2D eigenvalue weighted by molar-refractivity contribution is 5.82. The Hall–Kier alpha value is -0.610. The van der Waals surface area contributed by atoms with Gasteiger partial charge in [0, 0.05) is 12.6 Å². The van der Waals surface area contributed by atoms with Crippen molar-refractivity contribution in [3.8, 4) is 0 Å². The van der Waals surface area contributed by atoms with Gasteiger partial charge in [0.25, 0.3) is 0 Å². The fraction of sp³-hybridized carbons (Fsp3) is 0.929. The quantitative estimate of drug-likeness (QED) is 0.767. The van der Waals surface area contributed by atoms with Crippen LogP contribution in [0.4, 0.5) is 0 Å². The van der Waals surface area contributed by atoms with Crippen molar-refractivity contribution in [2.24, 2.45) is 5.92 Å². The molecule has 0 bridgehead atoms. The van der Waals surface area contributed by atoms with E-state index in [1.165, 1.54) is 25.9 Å². The van der Waals surface area contributed by atoms with E-state index in [4.69, 9.17) is 0 Å². The number of carbonyl (C=O) groups excluding carboxylic acids is 1. The molecular weight excluding hydrogens is 226 g/mol. The van der Waals surface area contributed by atoms with Gasteiger partial charge in [-0.05, 0) is 51.2 Å². The molecule has 104 valence electrons. The summed E-state index contributed by atoms with van der Waals surface area (Å²) in [5.74, 6) is 0.789. The van der Waals surface area contributed by atoms with Crippen molar-refractivity contribution in [2.75, 3.05) is 26.2 Å². The van der Waals surface area contributed by atoms with Crippen molar-refractivity contribution >= 4 is 5.91 Å². The first-order valence-electron chi connectivity index (χ1n) is 7.43. The highest BCUT2D eigenvalue weighted by Gasteiger charge is 2.27. The Balaban J connectivity index is 1.79. The second kappa shape index (κ2) is 6.53. The third kappa shape index (κ3) is 3.45. The molecule has 1 amide bonds. The normalized spacial score (nSPS) is 26.7. The second-order valence-electron chi connectivity index (χ2n) is 5.95. The largest absolute Gasteiger partial charge is 0.353 e. The molecule has 4 nitrogen and oxygen atoms in total. The van der Waals surface area contributed by atoms with Crippen LogP contribution in [0.2, 0.25) is 0 Å². The van der Waals surface area contributed by atoms with Gasteiger partial charge in [-0.25, -0.2) is 0 Å². The molecule has 0 aromatic heterocycles. The summed E-state index contributed by atoms with van der Waals surface area (Å²) >= 11 is 0. The molecule has 1 unspecified atom stereocenters. The van der Waals surface area contributed by atoms with Crippen LogP contribution < -0.4 is 10.6 Å². The minimum Gasteiger partial charge on any atom is -0.353 e. The van der Waals surface area contributed by atoms with Gasteiger partial charge in [0.1, 0.15) is 0 Å². The van der Waals surface area contributed by atoms with Crippen LogP contribution in [0.15, 0.2) is 0 Å². The zero-order chi connectivity index (χ0) is 13.0. The van der Waals surface area contributed by atoms with Crippen LogP contribution in [-0.2, 0) is 4.79 Å².